The van der Waals surface area contributed by atoms with Gasteiger partial charge in [0.05, 0.1) is 21.2 Å². The van der Waals surface area contributed by atoms with Gasteiger partial charge >= 0.3 is 0 Å². The smallest absolute Gasteiger partial charge is 0.252 e. The third-order valence-electron chi connectivity index (χ3n) is 2.33. The summed E-state index contributed by atoms with van der Waals surface area (Å²) >= 11 is 8.86. The predicted octanol–water partition coefficient (Wildman–Crippen LogP) is 0.524. The molecular weight excluding hydrogens is 408 g/mol. The van der Waals surface area contributed by atoms with Gasteiger partial charge in [-0.15, -0.1) is 0 Å². The standard InChI is InChI=1S/C10H12BrClN2O5S2/c1-20(16,17)3-2-14-10(15)6-4-9(21(13,18)19)7(11)5-8(6)12/h4-5H,2-3H2,1H3,(H,14,15)(H2,13,18,19). The number of nitrogens with two attached hydrogens (primary N) is 1. The van der Waals surface area contributed by atoms with E-state index < -0.39 is 25.8 Å². The van der Waals surface area contributed by atoms with Crippen LogP contribution in [0.3, 0.4) is 0 Å². The molecule has 1 amide bonds. The van der Waals surface area contributed by atoms with Crippen LogP contribution < -0.4 is 10.5 Å². The summed E-state index contributed by atoms with van der Waals surface area (Å²) in [7, 11) is -7.25. The predicted molar refractivity (Wildman–Crippen MR) is 82.6 cm³/mol. The van der Waals surface area contributed by atoms with Gasteiger partial charge in [0.1, 0.15) is 9.84 Å². The summed E-state index contributed by atoms with van der Waals surface area (Å²) in [5.41, 5.74) is -0.114. The zero-order chi connectivity index (χ0) is 16.4. The van der Waals surface area contributed by atoms with Crippen LogP contribution in [0.15, 0.2) is 21.5 Å². The summed E-state index contributed by atoms with van der Waals surface area (Å²) < 4.78 is 44.8. The van der Waals surface area contributed by atoms with E-state index in [1.54, 1.807) is 0 Å². The highest BCUT2D eigenvalue weighted by molar-refractivity contribution is 9.10. The minimum Gasteiger partial charge on any atom is -0.351 e. The number of rotatable bonds is 5. The molecule has 21 heavy (non-hydrogen) atoms. The summed E-state index contributed by atoms with van der Waals surface area (Å²) in [5.74, 6) is -0.935. The minimum atomic E-state index is -4.03. The van der Waals surface area contributed by atoms with Gasteiger partial charge in [-0.3, -0.25) is 4.79 Å². The van der Waals surface area contributed by atoms with Crippen molar-refractivity contribution in [1.82, 2.24) is 5.32 Å². The third-order valence-corrected chi connectivity index (χ3v) is 5.46. The number of amides is 1. The van der Waals surface area contributed by atoms with Crippen LogP contribution in [-0.4, -0.2) is 41.3 Å². The Balaban J connectivity index is 3.05. The van der Waals surface area contributed by atoms with E-state index in [2.05, 4.69) is 21.2 Å². The number of sulfone groups is 1. The molecule has 0 saturated heterocycles. The van der Waals surface area contributed by atoms with Crippen molar-refractivity contribution in [2.24, 2.45) is 5.14 Å². The molecule has 0 aliphatic rings. The molecule has 0 unspecified atom stereocenters. The van der Waals surface area contributed by atoms with Crippen molar-refractivity contribution in [3.8, 4) is 0 Å². The SMILES string of the molecule is CS(=O)(=O)CCNC(=O)c1cc(S(N)(=O)=O)c(Br)cc1Cl. The lowest BCUT2D eigenvalue weighted by molar-refractivity contribution is 0.0956. The number of carbonyl (C=O) groups excluding carboxylic acids is 1. The number of sulfonamides is 1. The fourth-order valence-corrected chi connectivity index (χ4v) is 3.85. The Bertz CT molecular complexity index is 777. The molecule has 0 atom stereocenters. The number of benzene rings is 1. The maximum Gasteiger partial charge on any atom is 0.252 e. The third kappa shape index (κ3) is 5.55. The fourth-order valence-electron chi connectivity index (χ4n) is 1.37. The summed E-state index contributed by atoms with van der Waals surface area (Å²) in [6.45, 7) is -0.116. The second kappa shape index (κ2) is 6.61. The van der Waals surface area contributed by atoms with Crippen LogP contribution in [0.2, 0.25) is 5.02 Å². The van der Waals surface area contributed by atoms with Crippen LogP contribution in [0.25, 0.3) is 0 Å². The molecule has 0 radical (unpaired) electrons. The largest absolute Gasteiger partial charge is 0.351 e. The molecule has 0 spiro atoms. The minimum absolute atomic E-state index is 0.00568. The number of halogens is 2. The Morgan fingerprint density at radius 1 is 1.33 bits per heavy atom. The van der Waals surface area contributed by atoms with Crippen LogP contribution in [0, 0.1) is 0 Å². The van der Waals surface area contributed by atoms with Crippen molar-refractivity contribution < 1.29 is 21.6 Å². The summed E-state index contributed by atoms with van der Waals surface area (Å²) in [5, 5.41) is 7.37. The molecule has 0 aliphatic heterocycles. The van der Waals surface area contributed by atoms with E-state index in [1.807, 2.05) is 0 Å². The number of carbonyl (C=O) groups is 1. The molecule has 7 nitrogen and oxygen atoms in total. The fraction of sp³-hybridized carbons (Fsp3) is 0.300. The lowest BCUT2D eigenvalue weighted by Gasteiger charge is -2.09. The van der Waals surface area contributed by atoms with Crippen molar-refractivity contribution in [3.05, 3.63) is 27.2 Å². The molecule has 3 N–H and O–H groups in total. The number of nitrogens with one attached hydrogen (secondary N) is 1. The van der Waals surface area contributed by atoms with Crippen molar-refractivity contribution in [2.75, 3.05) is 18.6 Å². The lowest BCUT2D eigenvalue weighted by atomic mass is 10.2. The normalized spacial score (nSPS) is 12.2. The highest BCUT2D eigenvalue weighted by Gasteiger charge is 2.19. The first-order valence-electron chi connectivity index (χ1n) is 5.39. The first-order chi connectivity index (χ1) is 9.42. The molecule has 0 heterocycles. The Labute approximate surface area is 135 Å². The average molecular weight is 420 g/mol. The van der Waals surface area contributed by atoms with Gasteiger partial charge in [-0.05, 0) is 28.1 Å². The molecule has 0 aromatic heterocycles. The molecule has 118 valence electrons. The second-order valence-electron chi connectivity index (χ2n) is 4.19. The van der Waals surface area contributed by atoms with Gasteiger partial charge in [0.15, 0.2) is 0 Å². The number of hydrogen-bond acceptors (Lipinski definition) is 5. The Morgan fingerprint density at radius 2 is 1.90 bits per heavy atom. The zero-order valence-electron chi connectivity index (χ0n) is 10.8. The maximum absolute atomic E-state index is 11.9. The Morgan fingerprint density at radius 3 is 2.38 bits per heavy atom. The first kappa shape index (κ1) is 18.4. The van der Waals surface area contributed by atoms with Crippen LogP contribution >= 0.6 is 27.5 Å². The number of primary sulfonamides is 1. The van der Waals surface area contributed by atoms with Crippen molar-refractivity contribution in [1.29, 1.82) is 0 Å². The second-order valence-corrected chi connectivity index (χ2v) is 9.24. The average Bonchev–Trinajstić information content (AvgIpc) is 2.24. The molecule has 11 heteroatoms. The lowest BCUT2D eigenvalue weighted by Crippen LogP contribution is -2.29. The molecule has 0 bridgehead atoms. The van der Waals surface area contributed by atoms with Gasteiger partial charge in [0.2, 0.25) is 10.0 Å². The summed E-state index contributed by atoms with van der Waals surface area (Å²) in [6, 6.07) is 2.25. The highest BCUT2D eigenvalue weighted by Crippen LogP contribution is 2.28. The number of hydrogen-bond donors (Lipinski definition) is 2. The van der Waals surface area contributed by atoms with Gasteiger partial charge < -0.3 is 5.32 Å². The maximum atomic E-state index is 11.9. The van der Waals surface area contributed by atoms with Gasteiger partial charge in [-0.25, -0.2) is 22.0 Å². The molecular formula is C10H12BrClN2O5S2. The van der Waals surface area contributed by atoms with E-state index in [9.17, 15) is 21.6 Å². The van der Waals surface area contributed by atoms with Crippen LogP contribution in [0.1, 0.15) is 10.4 Å². The van der Waals surface area contributed by atoms with Crippen molar-refractivity contribution in [3.63, 3.8) is 0 Å². The van der Waals surface area contributed by atoms with Gasteiger partial charge in [0.25, 0.3) is 5.91 Å². The van der Waals surface area contributed by atoms with E-state index >= 15 is 0 Å². The molecule has 0 fully saturated rings. The van der Waals surface area contributed by atoms with E-state index in [0.717, 1.165) is 12.3 Å². The van der Waals surface area contributed by atoms with Crippen LogP contribution in [0.5, 0.6) is 0 Å². The Kier molecular flexibility index (Phi) is 5.78. The highest BCUT2D eigenvalue weighted by atomic mass is 79.9. The van der Waals surface area contributed by atoms with Gasteiger partial charge in [0, 0.05) is 17.3 Å². The zero-order valence-corrected chi connectivity index (χ0v) is 14.7. The quantitative estimate of drug-likeness (QED) is 0.720. The van der Waals surface area contributed by atoms with E-state index in [1.165, 1.54) is 6.07 Å². The summed E-state index contributed by atoms with van der Waals surface area (Å²) in [4.78, 5) is 11.6. The Hall–Kier alpha value is -0.680. The topological polar surface area (TPSA) is 123 Å². The molecule has 0 saturated carbocycles. The van der Waals surface area contributed by atoms with E-state index in [-0.39, 0.29) is 32.3 Å². The van der Waals surface area contributed by atoms with Crippen LogP contribution in [0.4, 0.5) is 0 Å². The van der Waals surface area contributed by atoms with Gasteiger partial charge in [-0.2, -0.15) is 0 Å². The molecule has 1 aromatic carbocycles. The van der Waals surface area contributed by atoms with Crippen molar-refractivity contribution in [2.45, 2.75) is 4.90 Å². The summed E-state index contributed by atoms with van der Waals surface area (Å²) in [6.07, 6.45) is 1.03. The van der Waals surface area contributed by atoms with Gasteiger partial charge in [-0.1, -0.05) is 11.6 Å². The van der Waals surface area contributed by atoms with Crippen molar-refractivity contribution >= 4 is 53.3 Å². The molecule has 1 rings (SSSR count). The first-order valence-corrected chi connectivity index (χ1v) is 10.2. The van der Waals surface area contributed by atoms with E-state index in [4.69, 9.17) is 16.7 Å². The molecule has 1 aromatic rings. The van der Waals surface area contributed by atoms with Crippen LogP contribution in [-0.2, 0) is 19.9 Å². The molecule has 0 aliphatic carbocycles. The monoisotopic (exact) mass is 418 g/mol. The van der Waals surface area contributed by atoms with E-state index in [0.29, 0.717) is 0 Å².